The maximum absolute atomic E-state index is 13.3. The third-order valence-corrected chi connectivity index (χ3v) is 8.67. The van der Waals surface area contributed by atoms with E-state index >= 15 is 0 Å². The zero-order valence-corrected chi connectivity index (χ0v) is 19.0. The molecular formula is C26H32N2O2S. The van der Waals surface area contributed by atoms with Crippen LogP contribution >= 0.6 is 11.3 Å². The summed E-state index contributed by atoms with van der Waals surface area (Å²) >= 11 is 1.73. The molecule has 1 aromatic heterocycles. The fourth-order valence-electron chi connectivity index (χ4n) is 5.85. The molecule has 3 fully saturated rings. The Hall–Kier alpha value is -2.14. The van der Waals surface area contributed by atoms with E-state index in [0.717, 1.165) is 55.9 Å². The second-order valence-corrected chi connectivity index (χ2v) is 10.4. The predicted molar refractivity (Wildman–Crippen MR) is 125 cm³/mol. The highest BCUT2D eigenvalue weighted by atomic mass is 32.1. The minimum absolute atomic E-state index is 0.133. The molecule has 31 heavy (non-hydrogen) atoms. The molecule has 2 atom stereocenters. The summed E-state index contributed by atoms with van der Waals surface area (Å²) in [5, 5.41) is 2.08. The molecule has 2 amide bonds. The molecule has 3 heterocycles. The summed E-state index contributed by atoms with van der Waals surface area (Å²) in [4.78, 5) is 31.5. The SMILES string of the molecule is O=C(c1ccccc1)N1CCC(c2cc(C(=O)N3CCCC4CCCCC43)cs2)CC1. The van der Waals surface area contributed by atoms with Gasteiger partial charge in [0.05, 0.1) is 5.56 Å². The Balaban J connectivity index is 1.21. The fraction of sp³-hybridized carbons (Fsp3) is 0.538. The quantitative estimate of drug-likeness (QED) is 0.632. The molecule has 0 bridgehead atoms. The van der Waals surface area contributed by atoms with Crippen LogP contribution in [0.2, 0.25) is 0 Å². The van der Waals surface area contributed by atoms with E-state index in [2.05, 4.69) is 16.3 Å². The van der Waals surface area contributed by atoms with Crippen molar-refractivity contribution in [1.82, 2.24) is 9.80 Å². The van der Waals surface area contributed by atoms with Gasteiger partial charge < -0.3 is 9.80 Å². The average Bonchev–Trinajstić information content (AvgIpc) is 3.34. The molecule has 0 spiro atoms. The summed E-state index contributed by atoms with van der Waals surface area (Å²) in [6.45, 7) is 2.50. The first-order valence-corrected chi connectivity index (χ1v) is 12.8. The molecule has 1 aromatic carbocycles. The summed E-state index contributed by atoms with van der Waals surface area (Å²) < 4.78 is 0. The summed E-state index contributed by atoms with van der Waals surface area (Å²) in [6.07, 6.45) is 9.46. The normalized spacial score (nSPS) is 24.6. The second-order valence-electron chi connectivity index (χ2n) is 9.42. The Morgan fingerprint density at radius 3 is 2.35 bits per heavy atom. The van der Waals surface area contributed by atoms with E-state index in [1.807, 2.05) is 35.2 Å². The maximum Gasteiger partial charge on any atom is 0.254 e. The fourth-order valence-corrected chi connectivity index (χ4v) is 6.91. The Bertz CT molecular complexity index is 914. The van der Waals surface area contributed by atoms with Crippen molar-refractivity contribution in [3.05, 3.63) is 57.8 Å². The second kappa shape index (κ2) is 9.15. The van der Waals surface area contributed by atoms with Gasteiger partial charge in [-0.2, -0.15) is 0 Å². The van der Waals surface area contributed by atoms with Gasteiger partial charge in [-0.25, -0.2) is 0 Å². The van der Waals surface area contributed by atoms with Gasteiger partial charge in [0.1, 0.15) is 0 Å². The molecule has 2 saturated heterocycles. The van der Waals surface area contributed by atoms with E-state index in [9.17, 15) is 9.59 Å². The van der Waals surface area contributed by atoms with Crippen molar-refractivity contribution < 1.29 is 9.59 Å². The minimum atomic E-state index is 0.133. The number of fused-ring (bicyclic) bond motifs is 1. The van der Waals surface area contributed by atoms with Gasteiger partial charge in [-0.05, 0) is 68.6 Å². The van der Waals surface area contributed by atoms with Gasteiger partial charge in [0.25, 0.3) is 11.8 Å². The molecule has 1 saturated carbocycles. The Morgan fingerprint density at radius 2 is 1.55 bits per heavy atom. The number of hydrogen-bond donors (Lipinski definition) is 0. The van der Waals surface area contributed by atoms with Crippen LogP contribution in [0.1, 0.15) is 82.9 Å². The van der Waals surface area contributed by atoms with E-state index in [-0.39, 0.29) is 11.8 Å². The van der Waals surface area contributed by atoms with Crippen LogP contribution in [-0.4, -0.2) is 47.3 Å². The molecule has 0 N–H and O–H groups in total. The van der Waals surface area contributed by atoms with Gasteiger partial charge in [-0.15, -0.1) is 11.3 Å². The van der Waals surface area contributed by atoms with Gasteiger partial charge in [0, 0.05) is 41.5 Å². The number of carbonyl (C=O) groups is 2. The first kappa shape index (κ1) is 20.7. The van der Waals surface area contributed by atoms with Gasteiger partial charge in [0.15, 0.2) is 0 Å². The maximum atomic E-state index is 13.3. The molecule has 5 rings (SSSR count). The molecule has 2 aliphatic heterocycles. The van der Waals surface area contributed by atoms with Crippen molar-refractivity contribution in [1.29, 1.82) is 0 Å². The van der Waals surface area contributed by atoms with Crippen LogP contribution in [0.15, 0.2) is 41.8 Å². The molecule has 1 aliphatic carbocycles. The predicted octanol–water partition coefficient (Wildman–Crippen LogP) is 5.56. The van der Waals surface area contributed by atoms with E-state index in [1.165, 1.54) is 37.0 Å². The smallest absolute Gasteiger partial charge is 0.254 e. The summed E-state index contributed by atoms with van der Waals surface area (Å²) in [7, 11) is 0. The molecule has 3 aliphatic rings. The van der Waals surface area contributed by atoms with Crippen molar-refractivity contribution in [3.8, 4) is 0 Å². The number of nitrogens with zero attached hydrogens (tertiary/aromatic N) is 2. The lowest BCUT2D eigenvalue weighted by Crippen LogP contribution is -2.49. The molecule has 2 aromatic rings. The van der Waals surface area contributed by atoms with E-state index in [4.69, 9.17) is 0 Å². The molecular weight excluding hydrogens is 404 g/mol. The first-order valence-electron chi connectivity index (χ1n) is 11.9. The molecule has 0 radical (unpaired) electrons. The monoisotopic (exact) mass is 436 g/mol. The average molecular weight is 437 g/mol. The zero-order chi connectivity index (χ0) is 21.2. The minimum Gasteiger partial charge on any atom is -0.339 e. The molecule has 2 unspecified atom stereocenters. The number of rotatable bonds is 3. The highest BCUT2D eigenvalue weighted by molar-refractivity contribution is 7.10. The lowest BCUT2D eigenvalue weighted by Gasteiger charge is -2.44. The number of piperidine rings is 2. The lowest BCUT2D eigenvalue weighted by molar-refractivity contribution is 0.0391. The van der Waals surface area contributed by atoms with E-state index in [1.54, 1.807) is 11.3 Å². The third kappa shape index (κ3) is 4.30. The number of thiophene rings is 1. The van der Waals surface area contributed by atoms with Crippen LogP contribution < -0.4 is 0 Å². The van der Waals surface area contributed by atoms with Crippen LogP contribution in [0.5, 0.6) is 0 Å². The summed E-state index contributed by atoms with van der Waals surface area (Å²) in [5.41, 5.74) is 1.65. The van der Waals surface area contributed by atoms with Crippen LogP contribution in [0.4, 0.5) is 0 Å². The summed E-state index contributed by atoms with van der Waals surface area (Å²) in [5.74, 6) is 1.55. The van der Waals surface area contributed by atoms with Crippen LogP contribution in [0.25, 0.3) is 0 Å². The zero-order valence-electron chi connectivity index (χ0n) is 18.2. The first-order chi connectivity index (χ1) is 15.2. The van der Waals surface area contributed by atoms with E-state index in [0.29, 0.717) is 12.0 Å². The van der Waals surface area contributed by atoms with Crippen LogP contribution in [0.3, 0.4) is 0 Å². The highest BCUT2D eigenvalue weighted by Crippen LogP contribution is 2.37. The van der Waals surface area contributed by atoms with Crippen molar-refractivity contribution in [2.75, 3.05) is 19.6 Å². The van der Waals surface area contributed by atoms with Crippen LogP contribution in [0, 0.1) is 5.92 Å². The van der Waals surface area contributed by atoms with E-state index < -0.39 is 0 Å². The standard InChI is InChI=1S/C26H32N2O2S/c29-25(21-8-2-1-3-9-21)27-15-12-20(13-16-27)24-17-22(18-31-24)26(30)28-14-6-10-19-7-4-5-11-23(19)28/h1-3,8-9,17-20,23H,4-7,10-16H2. The molecule has 4 nitrogen and oxygen atoms in total. The topological polar surface area (TPSA) is 40.6 Å². The highest BCUT2D eigenvalue weighted by Gasteiger charge is 2.36. The van der Waals surface area contributed by atoms with Gasteiger partial charge in [0.2, 0.25) is 0 Å². The van der Waals surface area contributed by atoms with Gasteiger partial charge in [-0.3, -0.25) is 9.59 Å². The lowest BCUT2D eigenvalue weighted by atomic mass is 9.78. The molecule has 164 valence electrons. The van der Waals surface area contributed by atoms with Crippen molar-refractivity contribution in [3.63, 3.8) is 0 Å². The number of amides is 2. The Labute approximate surface area is 189 Å². The van der Waals surface area contributed by atoms with Crippen molar-refractivity contribution in [2.45, 2.75) is 63.3 Å². The van der Waals surface area contributed by atoms with Gasteiger partial charge in [-0.1, -0.05) is 31.0 Å². The van der Waals surface area contributed by atoms with Gasteiger partial charge >= 0.3 is 0 Å². The van der Waals surface area contributed by atoms with Crippen molar-refractivity contribution in [2.24, 2.45) is 5.92 Å². The Kier molecular flexibility index (Phi) is 6.13. The largest absolute Gasteiger partial charge is 0.339 e. The Morgan fingerprint density at radius 1 is 0.806 bits per heavy atom. The number of carbonyl (C=O) groups excluding carboxylic acids is 2. The van der Waals surface area contributed by atoms with Crippen molar-refractivity contribution >= 4 is 23.2 Å². The third-order valence-electron chi connectivity index (χ3n) is 7.58. The van der Waals surface area contributed by atoms with Crippen LogP contribution in [-0.2, 0) is 0 Å². The summed E-state index contributed by atoms with van der Waals surface area (Å²) in [6, 6.07) is 12.2. The number of benzene rings is 1. The number of hydrogen-bond acceptors (Lipinski definition) is 3. The molecule has 5 heteroatoms. The number of likely N-dealkylation sites (tertiary alicyclic amines) is 2.